The Morgan fingerprint density at radius 3 is 2.88 bits per heavy atom. The molecular weight excluding hydrogens is 214 g/mol. The highest BCUT2D eigenvalue weighted by Gasteiger charge is 2.15. The summed E-state index contributed by atoms with van der Waals surface area (Å²) in [5, 5.41) is 3.71. The first-order chi connectivity index (χ1) is 8.13. The molecule has 0 aliphatic rings. The van der Waals surface area contributed by atoms with E-state index in [0.717, 1.165) is 16.5 Å². The Labute approximate surface area is 100 Å². The second-order valence-electron chi connectivity index (χ2n) is 4.20. The highest BCUT2D eigenvalue weighted by Crippen LogP contribution is 2.26. The first kappa shape index (κ1) is 11.7. The Morgan fingerprint density at radius 2 is 2.18 bits per heavy atom. The molecule has 0 saturated heterocycles. The molecule has 1 heterocycles. The molecule has 1 amide bonds. The molecule has 0 aliphatic carbocycles. The van der Waals surface area contributed by atoms with Crippen LogP contribution in [0.15, 0.2) is 30.5 Å². The number of para-hydroxylation sites is 1. The number of carbonyl (C=O) groups is 1. The van der Waals surface area contributed by atoms with Gasteiger partial charge in [0.1, 0.15) is 0 Å². The van der Waals surface area contributed by atoms with Crippen molar-refractivity contribution in [3.8, 4) is 0 Å². The molecule has 4 heteroatoms. The molecule has 0 spiro atoms. The third-order valence-corrected chi connectivity index (χ3v) is 3.01. The summed E-state index contributed by atoms with van der Waals surface area (Å²) in [4.78, 5) is 11.3. The zero-order valence-electron chi connectivity index (χ0n) is 10.1. The predicted molar refractivity (Wildman–Crippen MR) is 68.5 cm³/mol. The number of aromatic nitrogens is 1. The number of nitrogens with two attached hydrogens (primary N) is 1. The van der Waals surface area contributed by atoms with E-state index in [-0.39, 0.29) is 11.9 Å². The molecule has 1 aromatic carbocycles. The Hall–Kier alpha value is -1.81. The standard InChI is InChI=1S/C13H17N3O/c1-15-13(17)7-11(14)10-8-16(2)12-6-4-3-5-9(10)12/h3-6,8,11H,7,14H2,1-2H3,(H,15,17). The number of hydrogen-bond donors (Lipinski definition) is 2. The number of nitrogens with zero attached hydrogens (tertiary/aromatic N) is 1. The minimum Gasteiger partial charge on any atom is -0.359 e. The fourth-order valence-electron chi connectivity index (χ4n) is 2.08. The smallest absolute Gasteiger partial charge is 0.221 e. The van der Waals surface area contributed by atoms with E-state index in [1.165, 1.54) is 0 Å². The summed E-state index contributed by atoms with van der Waals surface area (Å²) in [6, 6.07) is 7.80. The van der Waals surface area contributed by atoms with Gasteiger partial charge in [-0.15, -0.1) is 0 Å². The van der Waals surface area contributed by atoms with Crippen molar-refractivity contribution in [2.45, 2.75) is 12.5 Å². The van der Waals surface area contributed by atoms with Gasteiger partial charge in [0.15, 0.2) is 0 Å². The summed E-state index contributed by atoms with van der Waals surface area (Å²) < 4.78 is 2.04. The highest BCUT2D eigenvalue weighted by molar-refractivity contribution is 5.85. The van der Waals surface area contributed by atoms with Gasteiger partial charge in [0.25, 0.3) is 0 Å². The maximum Gasteiger partial charge on any atom is 0.221 e. The average molecular weight is 231 g/mol. The van der Waals surface area contributed by atoms with Crippen LogP contribution >= 0.6 is 0 Å². The number of aryl methyl sites for hydroxylation is 1. The van der Waals surface area contributed by atoms with Crippen LogP contribution in [-0.4, -0.2) is 17.5 Å². The van der Waals surface area contributed by atoms with Crippen molar-refractivity contribution < 1.29 is 4.79 Å². The fourth-order valence-corrected chi connectivity index (χ4v) is 2.08. The molecule has 2 aromatic rings. The summed E-state index contributed by atoms with van der Waals surface area (Å²) in [6.07, 6.45) is 2.31. The van der Waals surface area contributed by atoms with Crippen LogP contribution in [0.5, 0.6) is 0 Å². The first-order valence-corrected chi connectivity index (χ1v) is 5.63. The molecule has 3 N–H and O–H groups in total. The topological polar surface area (TPSA) is 60.1 Å². The van der Waals surface area contributed by atoms with Gasteiger partial charge in [0.05, 0.1) is 0 Å². The van der Waals surface area contributed by atoms with Gasteiger partial charge in [-0.25, -0.2) is 0 Å². The van der Waals surface area contributed by atoms with Crippen molar-refractivity contribution in [2.75, 3.05) is 7.05 Å². The summed E-state index contributed by atoms with van der Waals surface area (Å²) in [6.45, 7) is 0. The lowest BCUT2D eigenvalue weighted by Crippen LogP contribution is -2.24. The number of fused-ring (bicyclic) bond motifs is 1. The molecule has 2 rings (SSSR count). The molecule has 0 saturated carbocycles. The van der Waals surface area contributed by atoms with Crippen LogP contribution in [0.4, 0.5) is 0 Å². The molecule has 90 valence electrons. The lowest BCUT2D eigenvalue weighted by atomic mass is 10.0. The van der Waals surface area contributed by atoms with Crippen LogP contribution in [0.25, 0.3) is 10.9 Å². The quantitative estimate of drug-likeness (QED) is 0.836. The van der Waals surface area contributed by atoms with Gasteiger partial charge < -0.3 is 15.6 Å². The third-order valence-electron chi connectivity index (χ3n) is 3.01. The van der Waals surface area contributed by atoms with E-state index in [0.29, 0.717) is 6.42 Å². The molecule has 4 nitrogen and oxygen atoms in total. The van der Waals surface area contributed by atoms with Crippen molar-refractivity contribution in [3.63, 3.8) is 0 Å². The first-order valence-electron chi connectivity index (χ1n) is 5.63. The zero-order valence-corrected chi connectivity index (χ0v) is 10.1. The highest BCUT2D eigenvalue weighted by atomic mass is 16.1. The van der Waals surface area contributed by atoms with Crippen LogP contribution in [0, 0.1) is 0 Å². The maximum atomic E-state index is 11.3. The van der Waals surface area contributed by atoms with Gasteiger partial charge in [-0.1, -0.05) is 18.2 Å². The second-order valence-corrected chi connectivity index (χ2v) is 4.20. The molecule has 17 heavy (non-hydrogen) atoms. The van der Waals surface area contributed by atoms with Crippen molar-refractivity contribution in [1.29, 1.82) is 0 Å². The van der Waals surface area contributed by atoms with Gasteiger partial charge in [-0.3, -0.25) is 4.79 Å². The summed E-state index contributed by atoms with van der Waals surface area (Å²) in [5.41, 5.74) is 8.23. The van der Waals surface area contributed by atoms with Gasteiger partial charge in [-0.2, -0.15) is 0 Å². The third kappa shape index (κ3) is 2.17. The monoisotopic (exact) mass is 231 g/mol. The van der Waals surface area contributed by atoms with Crippen molar-refractivity contribution >= 4 is 16.8 Å². The summed E-state index contributed by atoms with van der Waals surface area (Å²) >= 11 is 0. The van der Waals surface area contributed by atoms with E-state index in [2.05, 4.69) is 5.32 Å². The van der Waals surface area contributed by atoms with Crippen LogP contribution in [0.3, 0.4) is 0 Å². The largest absolute Gasteiger partial charge is 0.359 e. The second kappa shape index (κ2) is 4.59. The minimum absolute atomic E-state index is 0.0366. The molecular formula is C13H17N3O. The average Bonchev–Trinajstić information content (AvgIpc) is 2.67. The van der Waals surface area contributed by atoms with Gasteiger partial charge in [0.2, 0.25) is 5.91 Å². The van der Waals surface area contributed by atoms with Crippen LogP contribution < -0.4 is 11.1 Å². The van der Waals surface area contributed by atoms with E-state index >= 15 is 0 Å². The maximum absolute atomic E-state index is 11.3. The van der Waals surface area contributed by atoms with E-state index in [1.807, 2.05) is 42.1 Å². The number of nitrogens with one attached hydrogen (secondary N) is 1. The Balaban J connectivity index is 2.38. The Bertz CT molecular complexity index is 545. The Kier molecular flexibility index (Phi) is 3.15. The number of carbonyl (C=O) groups excluding carboxylic acids is 1. The van der Waals surface area contributed by atoms with Gasteiger partial charge >= 0.3 is 0 Å². The van der Waals surface area contributed by atoms with E-state index < -0.39 is 0 Å². The molecule has 0 aliphatic heterocycles. The van der Waals surface area contributed by atoms with Gasteiger partial charge in [0, 0.05) is 43.7 Å². The van der Waals surface area contributed by atoms with Crippen LogP contribution in [0.1, 0.15) is 18.0 Å². The molecule has 1 unspecified atom stereocenters. The van der Waals surface area contributed by atoms with E-state index in [9.17, 15) is 4.79 Å². The normalized spacial score (nSPS) is 12.6. The molecule has 0 bridgehead atoms. The molecule has 0 radical (unpaired) electrons. The van der Waals surface area contributed by atoms with E-state index in [4.69, 9.17) is 5.73 Å². The Morgan fingerprint density at radius 1 is 1.47 bits per heavy atom. The molecule has 0 fully saturated rings. The minimum atomic E-state index is -0.263. The van der Waals surface area contributed by atoms with Crippen molar-refractivity contribution in [3.05, 3.63) is 36.0 Å². The van der Waals surface area contributed by atoms with Crippen molar-refractivity contribution in [2.24, 2.45) is 12.8 Å². The summed E-state index contributed by atoms with van der Waals surface area (Å²) in [5.74, 6) is -0.0366. The number of benzene rings is 1. The van der Waals surface area contributed by atoms with E-state index in [1.54, 1.807) is 7.05 Å². The van der Waals surface area contributed by atoms with Crippen molar-refractivity contribution in [1.82, 2.24) is 9.88 Å². The summed E-state index contributed by atoms with van der Waals surface area (Å²) in [7, 11) is 3.61. The fraction of sp³-hybridized carbons (Fsp3) is 0.308. The molecule has 1 atom stereocenters. The predicted octanol–water partition coefficient (Wildman–Crippen LogP) is 1.31. The molecule has 1 aromatic heterocycles. The number of hydrogen-bond acceptors (Lipinski definition) is 2. The number of amides is 1. The lowest BCUT2D eigenvalue weighted by Gasteiger charge is -2.09. The lowest BCUT2D eigenvalue weighted by molar-refractivity contribution is -0.120. The number of rotatable bonds is 3. The van der Waals surface area contributed by atoms with Crippen LogP contribution in [0.2, 0.25) is 0 Å². The van der Waals surface area contributed by atoms with Crippen LogP contribution in [-0.2, 0) is 11.8 Å². The zero-order chi connectivity index (χ0) is 12.4. The SMILES string of the molecule is CNC(=O)CC(N)c1cn(C)c2ccccc12. The van der Waals surface area contributed by atoms with Gasteiger partial charge in [-0.05, 0) is 11.6 Å².